The van der Waals surface area contributed by atoms with E-state index >= 15 is 0 Å². The van der Waals surface area contributed by atoms with Gasteiger partial charge in [-0.15, -0.1) is 0 Å². The minimum absolute atomic E-state index is 0.0696. The highest BCUT2D eigenvalue weighted by Gasteiger charge is 2.32. The van der Waals surface area contributed by atoms with Crippen LogP contribution in [-0.4, -0.2) is 59.6 Å². The summed E-state index contributed by atoms with van der Waals surface area (Å²) in [5.74, 6) is -0.557. The molecular formula is C23H21BrF6N6O3S. The van der Waals surface area contributed by atoms with Gasteiger partial charge in [0, 0.05) is 29.3 Å². The van der Waals surface area contributed by atoms with Gasteiger partial charge in [0.15, 0.2) is 6.61 Å². The number of benzene rings is 2. The predicted octanol–water partition coefficient (Wildman–Crippen LogP) is 5.60. The summed E-state index contributed by atoms with van der Waals surface area (Å²) in [5.41, 5.74) is -1.03. The molecule has 0 radical (unpaired) electrons. The summed E-state index contributed by atoms with van der Waals surface area (Å²) in [6.45, 7) is -1.42. The van der Waals surface area contributed by atoms with Crippen LogP contribution < -0.4 is 15.4 Å². The van der Waals surface area contributed by atoms with E-state index < -0.39 is 40.6 Å². The number of piperidine rings is 1. The molecule has 40 heavy (non-hydrogen) atoms. The number of hydrogen-bond acceptors (Lipinski definition) is 8. The van der Waals surface area contributed by atoms with E-state index in [2.05, 4.69) is 46.3 Å². The van der Waals surface area contributed by atoms with Crippen molar-refractivity contribution in [3.05, 3.63) is 58.6 Å². The highest BCUT2D eigenvalue weighted by Crippen LogP contribution is 2.31. The fraction of sp³-hybridized carbons (Fsp3) is 0.348. The van der Waals surface area contributed by atoms with E-state index in [9.17, 15) is 34.8 Å². The Hall–Kier alpha value is -3.18. The van der Waals surface area contributed by atoms with Crippen LogP contribution in [0.1, 0.15) is 18.4 Å². The molecule has 0 spiro atoms. The van der Waals surface area contributed by atoms with Gasteiger partial charge in [0.25, 0.3) is 0 Å². The second-order valence-electron chi connectivity index (χ2n) is 8.65. The number of rotatable bonds is 8. The summed E-state index contributed by atoms with van der Waals surface area (Å²) in [7, 11) is -3.75. The van der Waals surface area contributed by atoms with Crippen LogP contribution in [0.2, 0.25) is 0 Å². The quantitative estimate of drug-likeness (QED) is 0.302. The molecule has 9 nitrogen and oxygen atoms in total. The first-order valence-corrected chi connectivity index (χ1v) is 13.8. The number of sulfonamides is 1. The normalized spacial score (nSPS) is 15.6. The zero-order valence-corrected chi connectivity index (χ0v) is 22.7. The van der Waals surface area contributed by atoms with E-state index in [0.717, 1.165) is 18.2 Å². The maximum atomic E-state index is 13.1. The van der Waals surface area contributed by atoms with E-state index in [1.807, 2.05) is 0 Å². The topological polar surface area (TPSA) is 109 Å². The second-order valence-corrected chi connectivity index (χ2v) is 11.5. The first kappa shape index (κ1) is 29.8. The Morgan fingerprint density at radius 2 is 1.62 bits per heavy atom. The summed E-state index contributed by atoms with van der Waals surface area (Å²) >= 11 is 3.25. The summed E-state index contributed by atoms with van der Waals surface area (Å²) in [6.07, 6.45) is -8.69. The fourth-order valence-electron chi connectivity index (χ4n) is 3.79. The molecule has 2 heterocycles. The number of nitrogens with one attached hydrogen (secondary N) is 2. The highest BCUT2D eigenvalue weighted by molar-refractivity contribution is 9.10. The Morgan fingerprint density at radius 1 is 0.950 bits per heavy atom. The molecule has 0 bridgehead atoms. The predicted molar refractivity (Wildman–Crippen MR) is 136 cm³/mol. The molecule has 3 aromatic rings. The van der Waals surface area contributed by atoms with E-state index in [0.29, 0.717) is 17.3 Å². The monoisotopic (exact) mass is 654 g/mol. The van der Waals surface area contributed by atoms with Gasteiger partial charge in [-0.05, 0) is 49.2 Å². The van der Waals surface area contributed by atoms with Crippen molar-refractivity contribution in [3.8, 4) is 6.01 Å². The molecule has 0 aliphatic carbocycles. The van der Waals surface area contributed by atoms with Crippen molar-refractivity contribution in [1.82, 2.24) is 19.3 Å². The number of ether oxygens (including phenoxy) is 1. The van der Waals surface area contributed by atoms with Crippen LogP contribution >= 0.6 is 15.9 Å². The molecule has 1 aliphatic heterocycles. The van der Waals surface area contributed by atoms with Crippen LogP contribution in [0.5, 0.6) is 6.01 Å². The molecule has 1 aromatic heterocycles. The van der Waals surface area contributed by atoms with Crippen molar-refractivity contribution in [1.29, 1.82) is 0 Å². The summed E-state index contributed by atoms with van der Waals surface area (Å²) in [5, 5.41) is 5.46. The van der Waals surface area contributed by atoms with Gasteiger partial charge >= 0.3 is 18.4 Å². The number of hydrogen-bond donors (Lipinski definition) is 2. The Kier molecular flexibility index (Phi) is 8.75. The Balaban J connectivity index is 1.49. The minimum atomic E-state index is -4.69. The molecule has 0 atom stereocenters. The minimum Gasteiger partial charge on any atom is -0.454 e. The van der Waals surface area contributed by atoms with Crippen molar-refractivity contribution in [2.45, 2.75) is 36.1 Å². The summed E-state index contributed by atoms with van der Waals surface area (Å²) in [6, 6.07) is 9.28. The third kappa shape index (κ3) is 7.94. The standard InChI is InChI=1S/C23H21BrF6N6O3S/c24-15-4-2-6-18(12-15)40(37,38)36-9-7-16(8-10-36)31-19-33-20(35-21(34-19)39-13-22(25,26)27)32-17-5-1-3-14(11-17)23(28,29)30/h1-6,11-12,16H,7-10,13H2,(H2,31,32,33,34,35). The number of aromatic nitrogens is 3. The third-order valence-electron chi connectivity index (χ3n) is 5.65. The molecule has 216 valence electrons. The van der Waals surface area contributed by atoms with Crippen LogP contribution in [0, 0.1) is 0 Å². The lowest BCUT2D eigenvalue weighted by atomic mass is 10.1. The van der Waals surface area contributed by atoms with E-state index in [1.54, 1.807) is 12.1 Å². The summed E-state index contributed by atoms with van der Waals surface area (Å²) in [4.78, 5) is 11.8. The van der Waals surface area contributed by atoms with Gasteiger partial charge in [0.05, 0.1) is 10.5 Å². The van der Waals surface area contributed by atoms with Gasteiger partial charge in [-0.2, -0.15) is 45.6 Å². The zero-order valence-electron chi connectivity index (χ0n) is 20.3. The molecule has 0 unspecified atom stereocenters. The zero-order chi connectivity index (χ0) is 29.1. The third-order valence-corrected chi connectivity index (χ3v) is 8.03. The van der Waals surface area contributed by atoms with Crippen molar-refractivity contribution >= 4 is 43.5 Å². The molecule has 17 heteroatoms. The lowest BCUT2D eigenvalue weighted by Crippen LogP contribution is -2.42. The van der Waals surface area contributed by atoms with Crippen molar-refractivity contribution in [3.63, 3.8) is 0 Å². The van der Waals surface area contributed by atoms with Crippen LogP contribution in [0.25, 0.3) is 0 Å². The van der Waals surface area contributed by atoms with Gasteiger partial charge in [0.2, 0.25) is 21.9 Å². The Bertz CT molecular complexity index is 1450. The van der Waals surface area contributed by atoms with E-state index in [4.69, 9.17) is 0 Å². The van der Waals surface area contributed by atoms with Crippen LogP contribution in [0.3, 0.4) is 0 Å². The number of anilines is 3. The highest BCUT2D eigenvalue weighted by atomic mass is 79.9. The lowest BCUT2D eigenvalue weighted by Gasteiger charge is -2.31. The molecule has 2 aromatic carbocycles. The van der Waals surface area contributed by atoms with Gasteiger partial charge < -0.3 is 15.4 Å². The van der Waals surface area contributed by atoms with Gasteiger partial charge in [-0.3, -0.25) is 0 Å². The lowest BCUT2D eigenvalue weighted by molar-refractivity contribution is -0.154. The van der Waals surface area contributed by atoms with Crippen molar-refractivity contribution in [2.24, 2.45) is 0 Å². The maximum absolute atomic E-state index is 13.1. The molecule has 4 rings (SSSR count). The maximum Gasteiger partial charge on any atom is 0.422 e. The van der Waals surface area contributed by atoms with E-state index in [1.165, 1.54) is 22.5 Å². The van der Waals surface area contributed by atoms with Crippen LogP contribution in [0.4, 0.5) is 43.9 Å². The van der Waals surface area contributed by atoms with Gasteiger partial charge in [-0.25, -0.2) is 8.42 Å². The molecule has 1 aliphatic rings. The van der Waals surface area contributed by atoms with Crippen LogP contribution in [0.15, 0.2) is 57.9 Å². The van der Waals surface area contributed by atoms with Crippen molar-refractivity contribution in [2.75, 3.05) is 30.3 Å². The number of alkyl halides is 6. The molecule has 0 saturated carbocycles. The van der Waals surface area contributed by atoms with Crippen molar-refractivity contribution < 1.29 is 39.5 Å². The average Bonchev–Trinajstić information content (AvgIpc) is 2.87. The van der Waals surface area contributed by atoms with Gasteiger partial charge in [0.1, 0.15) is 0 Å². The Morgan fingerprint density at radius 3 is 2.27 bits per heavy atom. The largest absolute Gasteiger partial charge is 0.454 e. The average molecular weight is 655 g/mol. The number of halogens is 7. The molecule has 2 N–H and O–H groups in total. The smallest absolute Gasteiger partial charge is 0.422 e. The number of nitrogens with zero attached hydrogens (tertiary/aromatic N) is 4. The molecule has 1 fully saturated rings. The SMILES string of the molecule is O=S(=O)(c1cccc(Br)c1)N1CCC(Nc2nc(Nc3cccc(C(F)(F)F)c3)nc(OCC(F)(F)F)n2)CC1. The first-order valence-electron chi connectivity index (χ1n) is 11.6. The molecule has 0 amide bonds. The van der Waals surface area contributed by atoms with Gasteiger partial charge in [-0.1, -0.05) is 28.1 Å². The second kappa shape index (κ2) is 11.7. The fourth-order valence-corrected chi connectivity index (χ4v) is 5.86. The van der Waals surface area contributed by atoms with Crippen LogP contribution in [-0.2, 0) is 16.2 Å². The Labute approximate surface area is 233 Å². The molecule has 1 saturated heterocycles. The van der Waals surface area contributed by atoms with E-state index in [-0.39, 0.29) is 41.6 Å². The summed E-state index contributed by atoms with van der Waals surface area (Å²) < 4.78 is 110. The first-order chi connectivity index (χ1) is 18.7. The molecular weight excluding hydrogens is 634 g/mol.